The van der Waals surface area contributed by atoms with Gasteiger partial charge in [0.05, 0.1) is 32.3 Å². The van der Waals surface area contributed by atoms with Gasteiger partial charge < -0.3 is 69.4 Å². The first-order valence-electron chi connectivity index (χ1n) is 16.5. The van der Waals surface area contributed by atoms with Crippen molar-refractivity contribution in [3.63, 3.8) is 0 Å². The Morgan fingerprint density at radius 3 is 1.81 bits per heavy atom. The molecule has 16 N–H and O–H groups in total. The van der Waals surface area contributed by atoms with Crippen LogP contribution in [0.25, 0.3) is 0 Å². The molecule has 5 unspecified atom stereocenters. The van der Waals surface area contributed by atoms with Gasteiger partial charge in [0.15, 0.2) is 5.96 Å². The summed E-state index contributed by atoms with van der Waals surface area (Å²) in [6.07, 6.45) is 0.504. The van der Waals surface area contributed by atoms with Gasteiger partial charge in [-0.1, -0.05) is 13.8 Å². The van der Waals surface area contributed by atoms with Crippen LogP contribution in [0.1, 0.15) is 51.6 Å². The van der Waals surface area contributed by atoms with E-state index in [4.69, 9.17) is 22.3 Å². The molecule has 5 atom stereocenters. The second-order valence-corrected chi connectivity index (χ2v) is 12.2. The fraction of sp³-hybridized carbons (Fsp3) is 0.567. The Bertz CT molecular complexity index is 1510. The number of nitrogens with one attached hydrogen (secondary N) is 7. The normalized spacial score (nSPS) is 13.5. The summed E-state index contributed by atoms with van der Waals surface area (Å²) < 4.78 is 0. The van der Waals surface area contributed by atoms with Gasteiger partial charge in [0.2, 0.25) is 35.4 Å². The van der Waals surface area contributed by atoms with Crippen molar-refractivity contribution in [3.05, 3.63) is 18.2 Å². The summed E-state index contributed by atoms with van der Waals surface area (Å²) in [5.41, 5.74) is 16.2. The number of H-pyrrole nitrogens is 1. The molecule has 1 aromatic rings. The Hall–Kier alpha value is -6.33. The highest BCUT2D eigenvalue weighted by molar-refractivity contribution is 5.97. The average molecular weight is 769 g/mol. The van der Waals surface area contributed by atoms with Gasteiger partial charge in [-0.25, -0.2) is 9.78 Å². The highest BCUT2D eigenvalue weighted by Crippen LogP contribution is 2.08. The van der Waals surface area contributed by atoms with Crippen molar-refractivity contribution < 1.29 is 58.5 Å². The zero-order valence-corrected chi connectivity index (χ0v) is 29.6. The predicted molar refractivity (Wildman–Crippen MR) is 186 cm³/mol. The number of hydrogen-bond donors (Lipinski definition) is 13. The van der Waals surface area contributed by atoms with Crippen LogP contribution in [0.3, 0.4) is 0 Å². The molecule has 1 rings (SSSR count). The molecule has 0 aliphatic rings. The topological polar surface area (TPSA) is 406 Å². The first-order chi connectivity index (χ1) is 25.3. The number of nitrogens with zero attached hydrogens (tertiary/aromatic N) is 2. The van der Waals surface area contributed by atoms with Crippen LogP contribution in [0, 0.1) is 5.92 Å². The fourth-order valence-electron chi connectivity index (χ4n) is 4.66. The van der Waals surface area contributed by atoms with Crippen molar-refractivity contribution in [2.75, 3.05) is 19.6 Å². The van der Waals surface area contributed by atoms with Crippen LogP contribution in [0.15, 0.2) is 17.5 Å². The van der Waals surface area contributed by atoms with Crippen molar-refractivity contribution in [1.82, 2.24) is 41.9 Å². The Morgan fingerprint density at radius 1 is 0.759 bits per heavy atom. The molecule has 24 nitrogen and oxygen atoms in total. The Morgan fingerprint density at radius 2 is 1.30 bits per heavy atom. The van der Waals surface area contributed by atoms with Crippen LogP contribution in [0.4, 0.5) is 0 Å². The molecule has 0 radical (unpaired) electrons. The number of aromatic nitrogens is 2. The molecule has 0 fully saturated rings. The molecule has 0 aromatic carbocycles. The number of carboxylic acid groups (broad SMARTS) is 3. The summed E-state index contributed by atoms with van der Waals surface area (Å²) in [4.78, 5) is 122. The SMILES string of the molecule is CC(C)CC(NC(=O)C(CC(=O)O)NC(=O)C(Cc1cnc[nH]1)NC(=O)C(CCCN=C(N)N)NC(=O)CNC(=O)C(CC(=O)O)NC(=O)CN)C(=O)O. The fourth-order valence-corrected chi connectivity index (χ4v) is 4.66. The molecule has 0 spiro atoms. The number of carboxylic acids is 3. The lowest BCUT2D eigenvalue weighted by Gasteiger charge is -2.26. The zero-order chi connectivity index (χ0) is 41.0. The third-order valence-corrected chi connectivity index (χ3v) is 7.18. The molecular weight excluding hydrogens is 720 g/mol. The third-order valence-electron chi connectivity index (χ3n) is 7.18. The van der Waals surface area contributed by atoms with Crippen molar-refractivity contribution >= 4 is 59.3 Å². The number of aliphatic imine (C=N–C) groups is 1. The molecule has 1 heterocycles. The van der Waals surface area contributed by atoms with Crippen LogP contribution in [0.2, 0.25) is 0 Å². The minimum absolute atomic E-state index is 0.00105. The van der Waals surface area contributed by atoms with E-state index in [9.17, 15) is 53.4 Å². The largest absolute Gasteiger partial charge is 0.481 e. The number of nitrogens with two attached hydrogens (primary N) is 3. The second kappa shape index (κ2) is 23.3. The van der Waals surface area contributed by atoms with E-state index in [1.54, 1.807) is 13.8 Å². The van der Waals surface area contributed by atoms with E-state index >= 15 is 0 Å². The maximum atomic E-state index is 13.6. The molecule has 300 valence electrons. The van der Waals surface area contributed by atoms with Gasteiger partial charge in [-0.15, -0.1) is 0 Å². The lowest BCUT2D eigenvalue weighted by atomic mass is 10.0. The summed E-state index contributed by atoms with van der Waals surface area (Å²) in [7, 11) is 0. The van der Waals surface area contributed by atoms with Gasteiger partial charge in [0, 0.05) is 24.9 Å². The quantitative estimate of drug-likeness (QED) is 0.0251. The van der Waals surface area contributed by atoms with Gasteiger partial charge in [-0.2, -0.15) is 0 Å². The molecule has 0 saturated carbocycles. The third kappa shape index (κ3) is 18.2. The van der Waals surface area contributed by atoms with Crippen LogP contribution in [-0.2, 0) is 49.6 Å². The number of aliphatic carboxylic acids is 3. The maximum absolute atomic E-state index is 13.6. The summed E-state index contributed by atoms with van der Waals surface area (Å²) in [5.74, 6) is -10.7. The number of amides is 6. The van der Waals surface area contributed by atoms with Crippen molar-refractivity contribution in [2.45, 2.75) is 82.6 Å². The molecular formula is C30H48N12O12. The number of carbonyl (C=O) groups is 9. The number of aromatic amines is 1. The van der Waals surface area contributed by atoms with Crippen LogP contribution < -0.4 is 49.1 Å². The van der Waals surface area contributed by atoms with Gasteiger partial charge in [0.25, 0.3) is 0 Å². The van der Waals surface area contributed by atoms with Crippen LogP contribution in [0.5, 0.6) is 0 Å². The predicted octanol–water partition coefficient (Wildman–Crippen LogP) is -5.42. The van der Waals surface area contributed by atoms with E-state index in [2.05, 4.69) is 46.9 Å². The minimum Gasteiger partial charge on any atom is -0.481 e. The Labute approximate surface area is 308 Å². The van der Waals surface area contributed by atoms with Gasteiger partial charge in [0.1, 0.15) is 30.2 Å². The average Bonchev–Trinajstić information content (AvgIpc) is 3.59. The van der Waals surface area contributed by atoms with E-state index in [1.165, 1.54) is 12.5 Å². The van der Waals surface area contributed by atoms with Gasteiger partial charge >= 0.3 is 17.9 Å². The van der Waals surface area contributed by atoms with Gasteiger partial charge in [-0.05, 0) is 25.2 Å². The van der Waals surface area contributed by atoms with E-state index in [1.807, 2.05) is 0 Å². The number of carbonyl (C=O) groups excluding carboxylic acids is 6. The monoisotopic (exact) mass is 768 g/mol. The van der Waals surface area contributed by atoms with Crippen molar-refractivity contribution in [3.8, 4) is 0 Å². The molecule has 0 saturated heterocycles. The van der Waals surface area contributed by atoms with E-state index in [0.717, 1.165) is 0 Å². The summed E-state index contributed by atoms with van der Waals surface area (Å²) in [5, 5.41) is 41.6. The Balaban J connectivity index is 3.27. The minimum atomic E-state index is -1.77. The molecule has 6 amide bonds. The highest BCUT2D eigenvalue weighted by atomic mass is 16.4. The van der Waals surface area contributed by atoms with Crippen molar-refractivity contribution in [1.29, 1.82) is 0 Å². The summed E-state index contributed by atoms with van der Waals surface area (Å²) in [6.45, 7) is 2.09. The molecule has 0 aliphatic heterocycles. The van der Waals surface area contributed by atoms with Crippen molar-refractivity contribution in [2.24, 2.45) is 28.1 Å². The second-order valence-electron chi connectivity index (χ2n) is 12.2. The first kappa shape index (κ1) is 45.7. The van der Waals surface area contributed by atoms with Crippen LogP contribution >= 0.6 is 0 Å². The van der Waals surface area contributed by atoms with E-state index in [0.29, 0.717) is 5.69 Å². The van der Waals surface area contributed by atoms with Crippen LogP contribution in [-0.4, -0.2) is 134 Å². The number of guanidine groups is 1. The standard InChI is InChI=1S/C30H48N12O12/c1-14(2)6-20(29(53)54)42-28(52)19(9-24(47)48)41-27(51)17(7-15-11-34-13-37-15)40-26(50)16(4-3-5-35-30(32)33)38-22(44)12-36-25(49)18(8-23(45)46)39-21(43)10-31/h11,13-14,16-20H,3-10,12,31H2,1-2H3,(H,34,37)(H,36,49)(H,38,44)(H,39,43)(H,40,50)(H,41,51)(H,42,52)(H,45,46)(H,47,48)(H,53,54)(H4,32,33,35). The molecule has 0 aliphatic carbocycles. The smallest absolute Gasteiger partial charge is 0.326 e. The molecule has 0 bridgehead atoms. The lowest BCUT2D eigenvalue weighted by molar-refractivity contribution is -0.144. The lowest BCUT2D eigenvalue weighted by Crippen LogP contribution is -2.59. The maximum Gasteiger partial charge on any atom is 0.326 e. The number of rotatable bonds is 25. The molecule has 1 aromatic heterocycles. The zero-order valence-electron chi connectivity index (χ0n) is 29.6. The Kier molecular flexibility index (Phi) is 19.7. The summed E-state index contributed by atoms with van der Waals surface area (Å²) >= 11 is 0. The number of imidazole rings is 1. The van der Waals surface area contributed by atoms with E-state index in [-0.39, 0.29) is 44.1 Å². The summed E-state index contributed by atoms with van der Waals surface area (Å²) in [6, 6.07) is -7.70. The van der Waals surface area contributed by atoms with E-state index < -0.39 is 109 Å². The number of hydrogen-bond acceptors (Lipinski definition) is 12. The highest BCUT2D eigenvalue weighted by Gasteiger charge is 2.33. The van der Waals surface area contributed by atoms with Gasteiger partial charge in [-0.3, -0.25) is 43.3 Å². The molecule has 24 heteroatoms. The molecule has 54 heavy (non-hydrogen) atoms. The first-order valence-corrected chi connectivity index (χ1v) is 16.5.